The number of alkyl halides is 1. The Labute approximate surface area is 160 Å². The van der Waals surface area contributed by atoms with Crippen molar-refractivity contribution in [2.45, 2.75) is 25.4 Å². The van der Waals surface area contributed by atoms with E-state index in [1.807, 2.05) is 18.2 Å². The first-order chi connectivity index (χ1) is 12.6. The van der Waals surface area contributed by atoms with E-state index in [0.29, 0.717) is 17.5 Å². The molecule has 136 valence electrons. The van der Waals surface area contributed by atoms with Gasteiger partial charge in [-0.05, 0) is 30.2 Å². The maximum Gasteiger partial charge on any atom is 0.143 e. The van der Waals surface area contributed by atoms with Gasteiger partial charge in [-0.3, -0.25) is 4.90 Å². The number of nitrogens with zero attached hydrogens (tertiary/aromatic N) is 3. The first-order valence-corrected chi connectivity index (χ1v) is 9.39. The van der Waals surface area contributed by atoms with Gasteiger partial charge < -0.3 is 9.64 Å². The summed E-state index contributed by atoms with van der Waals surface area (Å²) in [7, 11) is 1.66. The molecule has 0 unspecified atom stereocenters. The van der Waals surface area contributed by atoms with Crippen molar-refractivity contribution in [3.05, 3.63) is 59.2 Å². The van der Waals surface area contributed by atoms with E-state index in [2.05, 4.69) is 47.1 Å². The molecule has 2 aromatic carbocycles. The number of halogens is 1. The van der Waals surface area contributed by atoms with Gasteiger partial charge in [-0.1, -0.05) is 24.3 Å². The number of rotatable bonds is 5. The van der Waals surface area contributed by atoms with Crippen LogP contribution in [0.1, 0.15) is 23.6 Å². The number of hydrogen-bond donors (Lipinski definition) is 0. The lowest BCUT2D eigenvalue weighted by atomic mass is 10.1. The maximum absolute atomic E-state index is 9.09. The summed E-state index contributed by atoms with van der Waals surface area (Å²) >= 11 is 5.86. The van der Waals surface area contributed by atoms with Gasteiger partial charge in [0.15, 0.2) is 0 Å². The van der Waals surface area contributed by atoms with Gasteiger partial charge >= 0.3 is 0 Å². The Morgan fingerprint density at radius 1 is 1.15 bits per heavy atom. The number of nitriles is 1. The Morgan fingerprint density at radius 3 is 2.50 bits per heavy atom. The zero-order chi connectivity index (χ0) is 18.5. The zero-order valence-electron chi connectivity index (χ0n) is 15.3. The Bertz CT molecular complexity index is 785. The summed E-state index contributed by atoms with van der Waals surface area (Å²) in [4.78, 5) is 4.85. The highest BCUT2D eigenvalue weighted by atomic mass is 35.5. The third-order valence-corrected chi connectivity index (χ3v) is 5.22. The molecule has 0 amide bonds. The van der Waals surface area contributed by atoms with E-state index < -0.39 is 0 Å². The molecule has 2 aromatic rings. The third kappa shape index (κ3) is 4.12. The van der Waals surface area contributed by atoms with Crippen LogP contribution in [0.15, 0.2) is 42.5 Å². The van der Waals surface area contributed by atoms with Crippen LogP contribution in [0.4, 0.5) is 5.69 Å². The van der Waals surface area contributed by atoms with E-state index >= 15 is 0 Å². The highest BCUT2D eigenvalue weighted by Crippen LogP contribution is 2.32. The van der Waals surface area contributed by atoms with Crippen molar-refractivity contribution in [1.82, 2.24) is 4.90 Å². The van der Waals surface area contributed by atoms with E-state index in [0.717, 1.165) is 43.2 Å². The molecule has 1 saturated heterocycles. The van der Waals surface area contributed by atoms with E-state index in [9.17, 15) is 0 Å². The molecule has 0 bridgehead atoms. The average Bonchev–Trinajstić information content (AvgIpc) is 2.68. The molecular formula is C21H24ClN3O. The summed E-state index contributed by atoms with van der Waals surface area (Å²) in [5, 5.41) is 9.09. The van der Waals surface area contributed by atoms with E-state index in [4.69, 9.17) is 21.6 Å². The zero-order valence-corrected chi connectivity index (χ0v) is 16.0. The fraction of sp³-hybridized carbons (Fsp3) is 0.381. The second-order valence-corrected chi connectivity index (χ2v) is 6.99. The van der Waals surface area contributed by atoms with Gasteiger partial charge in [-0.15, -0.1) is 11.6 Å². The third-order valence-electron chi connectivity index (χ3n) is 4.91. The van der Waals surface area contributed by atoms with Crippen molar-refractivity contribution >= 4 is 17.3 Å². The second-order valence-electron chi connectivity index (χ2n) is 6.73. The summed E-state index contributed by atoms with van der Waals surface area (Å²) in [5.41, 5.74) is 4.15. The van der Waals surface area contributed by atoms with Crippen molar-refractivity contribution in [1.29, 1.82) is 5.26 Å². The van der Waals surface area contributed by atoms with Gasteiger partial charge in [0.05, 0.1) is 24.4 Å². The lowest BCUT2D eigenvalue weighted by Gasteiger charge is -2.41. The first-order valence-electron chi connectivity index (χ1n) is 8.85. The Kier molecular flexibility index (Phi) is 6.03. The molecule has 4 nitrogen and oxygen atoms in total. The molecule has 1 aliphatic rings. The summed E-state index contributed by atoms with van der Waals surface area (Å²) in [6.07, 6.45) is 0. The molecule has 1 atom stereocenters. The molecule has 0 N–H and O–H groups in total. The van der Waals surface area contributed by atoms with Crippen LogP contribution in [-0.4, -0.2) is 37.7 Å². The molecule has 26 heavy (non-hydrogen) atoms. The van der Waals surface area contributed by atoms with Gasteiger partial charge in [-0.2, -0.15) is 5.26 Å². The Hall–Kier alpha value is -2.22. The predicted molar refractivity (Wildman–Crippen MR) is 106 cm³/mol. The number of benzene rings is 2. The molecule has 0 aromatic heterocycles. The van der Waals surface area contributed by atoms with Gasteiger partial charge in [0.2, 0.25) is 0 Å². The van der Waals surface area contributed by atoms with E-state index in [1.54, 1.807) is 7.11 Å². The molecule has 3 rings (SSSR count). The van der Waals surface area contributed by atoms with Gasteiger partial charge in [0.1, 0.15) is 5.75 Å². The van der Waals surface area contributed by atoms with Crippen molar-refractivity contribution in [3.63, 3.8) is 0 Å². The fourth-order valence-electron chi connectivity index (χ4n) is 3.51. The SMILES string of the molecule is COc1cc(C#N)ccc1N1CCN(Cc2ccc(CCl)cc2)C[C@@H]1C. The summed E-state index contributed by atoms with van der Waals surface area (Å²) in [6.45, 7) is 6.10. The van der Waals surface area contributed by atoms with Crippen LogP contribution in [0.2, 0.25) is 0 Å². The average molecular weight is 370 g/mol. The molecular weight excluding hydrogens is 346 g/mol. The number of methoxy groups -OCH3 is 1. The van der Waals surface area contributed by atoms with Crippen molar-refractivity contribution in [2.24, 2.45) is 0 Å². The number of piperazine rings is 1. The van der Waals surface area contributed by atoms with Gasteiger partial charge in [0.25, 0.3) is 0 Å². The molecule has 1 heterocycles. The minimum absolute atomic E-state index is 0.368. The van der Waals surface area contributed by atoms with Crippen LogP contribution < -0.4 is 9.64 Å². The van der Waals surface area contributed by atoms with Crippen LogP contribution in [-0.2, 0) is 12.4 Å². The molecule has 1 fully saturated rings. The van der Waals surface area contributed by atoms with E-state index in [-0.39, 0.29) is 0 Å². The van der Waals surface area contributed by atoms with Crippen molar-refractivity contribution in [3.8, 4) is 11.8 Å². The second kappa shape index (κ2) is 8.44. The lowest BCUT2D eigenvalue weighted by Crippen LogP contribution is -2.51. The number of anilines is 1. The molecule has 5 heteroatoms. The summed E-state index contributed by atoms with van der Waals surface area (Å²) in [5.74, 6) is 1.32. The van der Waals surface area contributed by atoms with Crippen LogP contribution in [0.25, 0.3) is 0 Å². The monoisotopic (exact) mass is 369 g/mol. The van der Waals surface area contributed by atoms with Crippen LogP contribution in [0.5, 0.6) is 5.75 Å². The first kappa shape index (κ1) is 18.6. The minimum atomic E-state index is 0.368. The maximum atomic E-state index is 9.09. The normalized spacial score (nSPS) is 17.8. The van der Waals surface area contributed by atoms with Crippen molar-refractivity contribution < 1.29 is 4.74 Å². The molecule has 0 spiro atoms. The molecule has 0 radical (unpaired) electrons. The van der Waals surface area contributed by atoms with Crippen LogP contribution >= 0.6 is 11.6 Å². The fourth-order valence-corrected chi connectivity index (χ4v) is 3.69. The van der Waals surface area contributed by atoms with Crippen molar-refractivity contribution in [2.75, 3.05) is 31.6 Å². The standard InChI is InChI=1S/C21H24ClN3O/c1-16-14-24(15-18-5-3-17(12-22)4-6-18)9-10-25(16)20-8-7-19(13-23)11-21(20)26-2/h3-8,11,16H,9-10,12,14-15H2,1-2H3/t16-/m0/s1. The van der Waals surface area contributed by atoms with Crippen LogP contribution in [0, 0.1) is 11.3 Å². The highest BCUT2D eigenvalue weighted by molar-refractivity contribution is 6.17. The van der Waals surface area contributed by atoms with Gasteiger partial charge in [0, 0.05) is 44.2 Å². The minimum Gasteiger partial charge on any atom is -0.495 e. The Morgan fingerprint density at radius 2 is 1.88 bits per heavy atom. The Balaban J connectivity index is 1.67. The van der Waals surface area contributed by atoms with Gasteiger partial charge in [-0.25, -0.2) is 0 Å². The topological polar surface area (TPSA) is 39.5 Å². The number of hydrogen-bond acceptors (Lipinski definition) is 4. The number of ether oxygens (including phenoxy) is 1. The summed E-state index contributed by atoms with van der Waals surface area (Å²) in [6, 6.07) is 16.7. The smallest absolute Gasteiger partial charge is 0.143 e. The summed E-state index contributed by atoms with van der Waals surface area (Å²) < 4.78 is 5.52. The molecule has 1 aliphatic heterocycles. The molecule has 0 saturated carbocycles. The molecule has 0 aliphatic carbocycles. The highest BCUT2D eigenvalue weighted by Gasteiger charge is 2.26. The van der Waals surface area contributed by atoms with Crippen LogP contribution in [0.3, 0.4) is 0 Å². The van der Waals surface area contributed by atoms with E-state index in [1.165, 1.54) is 5.56 Å². The largest absolute Gasteiger partial charge is 0.495 e. The lowest BCUT2D eigenvalue weighted by molar-refractivity contribution is 0.220. The predicted octanol–water partition coefficient (Wildman–Crippen LogP) is 4.02. The quantitative estimate of drug-likeness (QED) is 0.746.